The van der Waals surface area contributed by atoms with Crippen molar-refractivity contribution in [3.05, 3.63) is 29.8 Å². The van der Waals surface area contributed by atoms with Gasteiger partial charge in [-0.05, 0) is 12.0 Å². The Morgan fingerprint density at radius 2 is 2.11 bits per heavy atom. The van der Waals surface area contributed by atoms with Crippen LogP contribution in [-0.4, -0.2) is 19.6 Å². The molecule has 1 rings (SSSR count). The lowest BCUT2D eigenvalue weighted by Crippen LogP contribution is -2.42. The zero-order valence-electron chi connectivity index (χ0n) is 11.2. The standard InChI is InChI=1S/C13H22N4O/c1-10(2)8-15-13(17-14)16-9-11-6-4-5-7-12(11)18-3/h4-7,10H,8-9,14H2,1-3H3,(H2,15,16,17). The van der Waals surface area contributed by atoms with Crippen molar-refractivity contribution < 1.29 is 4.74 Å². The van der Waals surface area contributed by atoms with Crippen LogP contribution in [0.2, 0.25) is 0 Å². The Labute approximate surface area is 108 Å². The Morgan fingerprint density at radius 3 is 2.72 bits per heavy atom. The predicted octanol–water partition coefficient (Wildman–Crippen LogP) is 1.26. The minimum atomic E-state index is 0.522. The summed E-state index contributed by atoms with van der Waals surface area (Å²) in [5.41, 5.74) is 3.59. The van der Waals surface area contributed by atoms with E-state index in [9.17, 15) is 0 Å². The minimum absolute atomic E-state index is 0.522. The second-order valence-electron chi connectivity index (χ2n) is 4.40. The smallest absolute Gasteiger partial charge is 0.206 e. The number of hydrazine groups is 1. The highest BCUT2D eigenvalue weighted by molar-refractivity contribution is 5.79. The van der Waals surface area contributed by atoms with E-state index in [0.29, 0.717) is 18.4 Å². The lowest BCUT2D eigenvalue weighted by Gasteiger charge is -2.11. The van der Waals surface area contributed by atoms with Gasteiger partial charge >= 0.3 is 0 Å². The molecule has 5 heteroatoms. The molecule has 0 fully saturated rings. The van der Waals surface area contributed by atoms with Gasteiger partial charge in [0.25, 0.3) is 0 Å². The van der Waals surface area contributed by atoms with E-state index in [0.717, 1.165) is 17.9 Å². The lowest BCUT2D eigenvalue weighted by atomic mass is 10.2. The average Bonchev–Trinajstić information content (AvgIpc) is 2.39. The third-order valence-electron chi connectivity index (χ3n) is 2.41. The number of hydrogen-bond donors (Lipinski definition) is 3. The van der Waals surface area contributed by atoms with Gasteiger partial charge in [0.15, 0.2) is 0 Å². The van der Waals surface area contributed by atoms with E-state index < -0.39 is 0 Å². The van der Waals surface area contributed by atoms with Crippen LogP contribution in [0.15, 0.2) is 29.3 Å². The number of nitrogens with two attached hydrogens (primary N) is 1. The number of guanidine groups is 1. The summed E-state index contributed by atoms with van der Waals surface area (Å²) < 4.78 is 5.27. The second-order valence-corrected chi connectivity index (χ2v) is 4.40. The van der Waals surface area contributed by atoms with E-state index in [1.807, 2.05) is 24.3 Å². The molecule has 0 amide bonds. The molecule has 0 radical (unpaired) electrons. The van der Waals surface area contributed by atoms with Crippen LogP contribution in [0.3, 0.4) is 0 Å². The molecular formula is C13H22N4O. The summed E-state index contributed by atoms with van der Waals surface area (Å²) in [6.07, 6.45) is 0. The van der Waals surface area contributed by atoms with Crippen molar-refractivity contribution in [2.75, 3.05) is 13.7 Å². The summed E-state index contributed by atoms with van der Waals surface area (Å²) in [6, 6.07) is 7.80. The molecule has 0 aliphatic rings. The first kappa shape index (κ1) is 14.3. The summed E-state index contributed by atoms with van der Waals surface area (Å²) in [5.74, 6) is 7.38. The number of ether oxygens (including phenoxy) is 1. The summed E-state index contributed by atoms with van der Waals surface area (Å²) >= 11 is 0. The predicted molar refractivity (Wildman–Crippen MR) is 74.3 cm³/mol. The normalized spacial score (nSPS) is 11.5. The Bertz CT molecular complexity index is 390. The van der Waals surface area contributed by atoms with E-state index >= 15 is 0 Å². The van der Waals surface area contributed by atoms with E-state index in [1.165, 1.54) is 0 Å². The molecule has 0 aliphatic carbocycles. The Morgan fingerprint density at radius 1 is 1.39 bits per heavy atom. The summed E-state index contributed by atoms with van der Waals surface area (Å²) in [5, 5.41) is 3.15. The minimum Gasteiger partial charge on any atom is -0.496 e. The maximum Gasteiger partial charge on any atom is 0.206 e. The molecule has 0 atom stereocenters. The van der Waals surface area contributed by atoms with Gasteiger partial charge in [0.2, 0.25) is 5.96 Å². The molecule has 0 saturated carbocycles. The highest BCUT2D eigenvalue weighted by Gasteiger charge is 2.02. The van der Waals surface area contributed by atoms with E-state index in [1.54, 1.807) is 7.11 Å². The summed E-state index contributed by atoms with van der Waals surface area (Å²) in [6.45, 7) is 5.60. The Kier molecular flexibility index (Phi) is 6.00. The molecule has 0 bridgehead atoms. The van der Waals surface area contributed by atoms with Gasteiger partial charge in [0.1, 0.15) is 5.75 Å². The first-order valence-corrected chi connectivity index (χ1v) is 6.04. The molecule has 1 aromatic carbocycles. The monoisotopic (exact) mass is 250 g/mol. The molecule has 100 valence electrons. The molecule has 0 aromatic heterocycles. The maximum atomic E-state index is 5.42. The van der Waals surface area contributed by atoms with Crippen molar-refractivity contribution in [3.8, 4) is 5.75 Å². The Balaban J connectivity index is 2.64. The van der Waals surface area contributed by atoms with Gasteiger partial charge in [0.05, 0.1) is 13.7 Å². The zero-order chi connectivity index (χ0) is 13.4. The van der Waals surface area contributed by atoms with Crippen LogP contribution in [-0.2, 0) is 6.54 Å². The summed E-state index contributed by atoms with van der Waals surface area (Å²) in [4.78, 5) is 4.38. The van der Waals surface area contributed by atoms with Gasteiger partial charge in [-0.15, -0.1) is 0 Å². The SMILES string of the molecule is COc1ccccc1CN=C(NN)NCC(C)C. The molecule has 0 unspecified atom stereocenters. The number of para-hydroxylation sites is 1. The summed E-state index contributed by atoms with van der Waals surface area (Å²) in [7, 11) is 1.65. The molecule has 0 spiro atoms. The topological polar surface area (TPSA) is 71.7 Å². The fraction of sp³-hybridized carbons (Fsp3) is 0.462. The lowest BCUT2D eigenvalue weighted by molar-refractivity contribution is 0.410. The number of nitrogens with zero attached hydrogens (tertiary/aromatic N) is 1. The third-order valence-corrected chi connectivity index (χ3v) is 2.41. The van der Waals surface area contributed by atoms with Crippen LogP contribution in [0.25, 0.3) is 0 Å². The van der Waals surface area contributed by atoms with E-state index in [2.05, 4.69) is 29.6 Å². The number of methoxy groups -OCH3 is 1. The van der Waals surface area contributed by atoms with Crippen molar-refractivity contribution in [1.82, 2.24) is 10.7 Å². The van der Waals surface area contributed by atoms with Crippen LogP contribution < -0.4 is 21.3 Å². The number of benzene rings is 1. The van der Waals surface area contributed by atoms with Gasteiger partial charge in [-0.2, -0.15) is 0 Å². The largest absolute Gasteiger partial charge is 0.496 e. The molecule has 0 saturated heterocycles. The molecule has 18 heavy (non-hydrogen) atoms. The fourth-order valence-electron chi connectivity index (χ4n) is 1.45. The van der Waals surface area contributed by atoms with Crippen molar-refractivity contribution in [3.63, 3.8) is 0 Å². The molecule has 5 nitrogen and oxygen atoms in total. The van der Waals surface area contributed by atoms with Crippen molar-refractivity contribution in [2.45, 2.75) is 20.4 Å². The van der Waals surface area contributed by atoms with Crippen LogP contribution in [0.1, 0.15) is 19.4 Å². The number of rotatable bonds is 5. The van der Waals surface area contributed by atoms with Crippen molar-refractivity contribution in [2.24, 2.45) is 16.8 Å². The Hall–Kier alpha value is -1.75. The van der Waals surface area contributed by atoms with Gasteiger partial charge in [-0.3, -0.25) is 5.43 Å². The van der Waals surface area contributed by atoms with Gasteiger partial charge in [-0.25, -0.2) is 10.8 Å². The van der Waals surface area contributed by atoms with Crippen LogP contribution in [0.5, 0.6) is 5.75 Å². The molecular weight excluding hydrogens is 228 g/mol. The van der Waals surface area contributed by atoms with E-state index in [4.69, 9.17) is 10.6 Å². The van der Waals surface area contributed by atoms with Crippen LogP contribution >= 0.6 is 0 Å². The second kappa shape index (κ2) is 7.55. The highest BCUT2D eigenvalue weighted by atomic mass is 16.5. The first-order chi connectivity index (χ1) is 8.67. The number of hydrogen-bond acceptors (Lipinski definition) is 3. The number of aliphatic imine (C=N–C) groups is 1. The molecule has 4 N–H and O–H groups in total. The first-order valence-electron chi connectivity index (χ1n) is 6.04. The number of nitrogens with one attached hydrogen (secondary N) is 2. The molecule has 1 aromatic rings. The van der Waals surface area contributed by atoms with Crippen molar-refractivity contribution >= 4 is 5.96 Å². The fourth-order valence-corrected chi connectivity index (χ4v) is 1.45. The van der Waals surface area contributed by atoms with Gasteiger partial charge in [-0.1, -0.05) is 32.0 Å². The molecule has 0 heterocycles. The maximum absolute atomic E-state index is 5.42. The third kappa shape index (κ3) is 4.63. The van der Waals surface area contributed by atoms with E-state index in [-0.39, 0.29) is 0 Å². The average molecular weight is 250 g/mol. The quantitative estimate of drug-likeness (QED) is 0.318. The van der Waals surface area contributed by atoms with Crippen molar-refractivity contribution in [1.29, 1.82) is 0 Å². The van der Waals surface area contributed by atoms with Crippen LogP contribution in [0, 0.1) is 5.92 Å². The van der Waals surface area contributed by atoms with Gasteiger partial charge in [0, 0.05) is 12.1 Å². The molecule has 0 aliphatic heterocycles. The van der Waals surface area contributed by atoms with Gasteiger partial charge < -0.3 is 10.1 Å². The zero-order valence-corrected chi connectivity index (χ0v) is 11.2. The highest BCUT2D eigenvalue weighted by Crippen LogP contribution is 2.17. The van der Waals surface area contributed by atoms with Crippen LogP contribution in [0.4, 0.5) is 0 Å².